The van der Waals surface area contributed by atoms with E-state index in [2.05, 4.69) is 0 Å². The number of aliphatic carboxylic acids is 1. The fourth-order valence-corrected chi connectivity index (χ4v) is 2.95. The van der Waals surface area contributed by atoms with Crippen LogP contribution in [-0.4, -0.2) is 66.8 Å². The van der Waals surface area contributed by atoms with Gasteiger partial charge in [-0.3, -0.25) is 4.79 Å². The van der Waals surface area contributed by atoms with Crippen molar-refractivity contribution in [2.45, 2.75) is 19.3 Å². The third-order valence-corrected chi connectivity index (χ3v) is 4.00. The Morgan fingerprint density at radius 1 is 1.21 bits per heavy atom. The van der Waals surface area contributed by atoms with Gasteiger partial charge in [0.15, 0.2) is 0 Å². The maximum absolute atomic E-state index is 12.3. The standard InChI is InChI=1S/C13H22N2O4/c1-19-9-10-3-2-5-14(7-10)13(18)15-6-4-11(8-15)12(16)17/h10-11H,2-9H2,1H3,(H,16,17). The Hall–Kier alpha value is -1.30. The van der Waals surface area contributed by atoms with Gasteiger partial charge in [-0.2, -0.15) is 0 Å². The van der Waals surface area contributed by atoms with Crippen molar-refractivity contribution in [1.82, 2.24) is 9.80 Å². The number of carbonyl (C=O) groups excluding carboxylic acids is 1. The molecule has 2 heterocycles. The van der Waals surface area contributed by atoms with Crippen LogP contribution in [0.5, 0.6) is 0 Å². The highest BCUT2D eigenvalue weighted by molar-refractivity contribution is 5.77. The molecule has 0 saturated carbocycles. The summed E-state index contributed by atoms with van der Waals surface area (Å²) in [6.07, 6.45) is 2.65. The van der Waals surface area contributed by atoms with Crippen LogP contribution >= 0.6 is 0 Å². The minimum Gasteiger partial charge on any atom is -0.481 e. The van der Waals surface area contributed by atoms with E-state index in [0.29, 0.717) is 32.0 Å². The van der Waals surface area contributed by atoms with E-state index < -0.39 is 11.9 Å². The summed E-state index contributed by atoms with van der Waals surface area (Å²) in [5.74, 6) is -0.796. The number of likely N-dealkylation sites (tertiary alicyclic amines) is 2. The van der Waals surface area contributed by atoms with E-state index in [9.17, 15) is 9.59 Å². The van der Waals surface area contributed by atoms with Crippen LogP contribution < -0.4 is 0 Å². The lowest BCUT2D eigenvalue weighted by Gasteiger charge is -2.35. The topological polar surface area (TPSA) is 70.1 Å². The first-order chi connectivity index (χ1) is 9.11. The van der Waals surface area contributed by atoms with Crippen molar-refractivity contribution in [2.24, 2.45) is 11.8 Å². The number of urea groups is 1. The number of piperidine rings is 1. The number of carboxylic acid groups (broad SMARTS) is 1. The molecule has 0 aliphatic carbocycles. The molecule has 0 spiro atoms. The van der Waals surface area contributed by atoms with E-state index in [4.69, 9.17) is 9.84 Å². The fourth-order valence-electron chi connectivity index (χ4n) is 2.95. The molecule has 0 aromatic heterocycles. The fraction of sp³-hybridized carbons (Fsp3) is 0.846. The van der Waals surface area contributed by atoms with Gasteiger partial charge in [0.25, 0.3) is 0 Å². The van der Waals surface area contributed by atoms with Crippen molar-refractivity contribution in [2.75, 3.05) is 39.9 Å². The van der Waals surface area contributed by atoms with E-state index in [1.54, 1.807) is 12.0 Å². The smallest absolute Gasteiger partial charge is 0.320 e. The number of nitrogens with zero attached hydrogens (tertiary/aromatic N) is 2. The third-order valence-electron chi connectivity index (χ3n) is 4.00. The van der Waals surface area contributed by atoms with Crippen LogP contribution in [0.4, 0.5) is 4.79 Å². The molecule has 0 radical (unpaired) electrons. The number of rotatable bonds is 3. The minimum absolute atomic E-state index is 0.00967. The van der Waals surface area contributed by atoms with Crippen molar-refractivity contribution in [1.29, 1.82) is 0 Å². The number of hydrogen-bond acceptors (Lipinski definition) is 3. The summed E-state index contributed by atoms with van der Waals surface area (Å²) in [7, 11) is 1.68. The molecule has 2 aliphatic heterocycles. The maximum atomic E-state index is 12.3. The second kappa shape index (κ2) is 6.23. The number of amides is 2. The molecule has 2 aliphatic rings. The number of carboxylic acids is 1. The first kappa shape index (κ1) is 14.1. The van der Waals surface area contributed by atoms with Crippen LogP contribution in [0.2, 0.25) is 0 Å². The van der Waals surface area contributed by atoms with Crippen LogP contribution in [0.25, 0.3) is 0 Å². The summed E-state index contributed by atoms with van der Waals surface area (Å²) in [6, 6.07) is -0.00967. The van der Waals surface area contributed by atoms with Gasteiger partial charge >= 0.3 is 12.0 Å². The van der Waals surface area contributed by atoms with E-state index in [1.165, 1.54) is 0 Å². The van der Waals surface area contributed by atoms with Gasteiger partial charge in [0, 0.05) is 39.2 Å². The minimum atomic E-state index is -0.800. The highest BCUT2D eigenvalue weighted by Crippen LogP contribution is 2.22. The van der Waals surface area contributed by atoms with E-state index in [-0.39, 0.29) is 6.03 Å². The Morgan fingerprint density at radius 3 is 2.58 bits per heavy atom. The lowest BCUT2D eigenvalue weighted by molar-refractivity contribution is -0.141. The predicted octanol–water partition coefficient (Wildman–Crippen LogP) is 0.871. The van der Waals surface area contributed by atoms with Crippen LogP contribution in [0.15, 0.2) is 0 Å². The largest absolute Gasteiger partial charge is 0.481 e. The van der Waals surface area contributed by atoms with E-state index in [1.807, 2.05) is 4.90 Å². The molecule has 19 heavy (non-hydrogen) atoms. The van der Waals surface area contributed by atoms with Crippen LogP contribution in [0.1, 0.15) is 19.3 Å². The van der Waals surface area contributed by atoms with Crippen molar-refractivity contribution in [3.05, 3.63) is 0 Å². The molecule has 2 atom stereocenters. The van der Waals surface area contributed by atoms with Gasteiger partial charge < -0.3 is 19.6 Å². The van der Waals surface area contributed by atoms with Crippen LogP contribution in [0, 0.1) is 11.8 Å². The molecule has 6 heteroatoms. The zero-order valence-electron chi connectivity index (χ0n) is 11.4. The predicted molar refractivity (Wildman–Crippen MR) is 68.9 cm³/mol. The van der Waals surface area contributed by atoms with Crippen molar-refractivity contribution in [3.63, 3.8) is 0 Å². The zero-order valence-corrected chi connectivity index (χ0v) is 11.4. The highest BCUT2D eigenvalue weighted by Gasteiger charge is 2.34. The van der Waals surface area contributed by atoms with Gasteiger partial charge in [0.2, 0.25) is 0 Å². The maximum Gasteiger partial charge on any atom is 0.320 e. The van der Waals surface area contributed by atoms with Crippen molar-refractivity contribution >= 4 is 12.0 Å². The molecule has 2 fully saturated rings. The molecule has 2 rings (SSSR count). The van der Waals surface area contributed by atoms with Crippen molar-refractivity contribution < 1.29 is 19.4 Å². The summed E-state index contributed by atoms with van der Waals surface area (Å²) >= 11 is 0. The van der Waals surface area contributed by atoms with Gasteiger partial charge in [-0.05, 0) is 19.3 Å². The third kappa shape index (κ3) is 3.37. The Kier molecular flexibility index (Phi) is 4.63. The first-order valence-corrected chi connectivity index (χ1v) is 6.87. The van der Waals surface area contributed by atoms with E-state index >= 15 is 0 Å². The number of methoxy groups -OCH3 is 1. The average Bonchev–Trinajstić information content (AvgIpc) is 2.88. The molecule has 6 nitrogen and oxygen atoms in total. The molecule has 2 saturated heterocycles. The molecule has 1 N–H and O–H groups in total. The number of hydrogen-bond donors (Lipinski definition) is 1. The molecular weight excluding hydrogens is 248 g/mol. The van der Waals surface area contributed by atoms with Crippen LogP contribution in [0.3, 0.4) is 0 Å². The van der Waals surface area contributed by atoms with Gasteiger partial charge in [-0.25, -0.2) is 4.79 Å². The Bertz CT molecular complexity index is 346. The Morgan fingerprint density at radius 2 is 1.95 bits per heavy atom. The molecule has 108 valence electrons. The summed E-state index contributed by atoms with van der Waals surface area (Å²) in [6.45, 7) is 3.08. The summed E-state index contributed by atoms with van der Waals surface area (Å²) in [5, 5.41) is 8.97. The zero-order chi connectivity index (χ0) is 13.8. The number of ether oxygens (including phenoxy) is 1. The first-order valence-electron chi connectivity index (χ1n) is 6.87. The highest BCUT2D eigenvalue weighted by atomic mass is 16.5. The normalized spacial score (nSPS) is 27.6. The van der Waals surface area contributed by atoms with Crippen molar-refractivity contribution in [3.8, 4) is 0 Å². The Balaban J connectivity index is 1.87. The summed E-state index contributed by atoms with van der Waals surface area (Å²) in [5.41, 5.74) is 0. The molecular formula is C13H22N2O4. The average molecular weight is 270 g/mol. The lowest BCUT2D eigenvalue weighted by Crippen LogP contribution is -2.47. The molecule has 0 bridgehead atoms. The molecule has 2 amide bonds. The van der Waals surface area contributed by atoms with Gasteiger partial charge in [0.05, 0.1) is 12.5 Å². The molecule has 0 aromatic rings. The summed E-state index contributed by atoms with van der Waals surface area (Å²) in [4.78, 5) is 26.8. The van der Waals surface area contributed by atoms with Crippen LogP contribution in [-0.2, 0) is 9.53 Å². The Labute approximate surface area is 113 Å². The SMILES string of the molecule is COCC1CCCN(C(=O)N2CCC(C(=O)O)C2)C1. The van der Waals surface area contributed by atoms with E-state index in [0.717, 1.165) is 25.9 Å². The monoisotopic (exact) mass is 270 g/mol. The molecule has 0 aromatic carbocycles. The second-order valence-corrected chi connectivity index (χ2v) is 5.46. The second-order valence-electron chi connectivity index (χ2n) is 5.46. The van der Waals surface area contributed by atoms with Gasteiger partial charge in [-0.15, -0.1) is 0 Å². The van der Waals surface area contributed by atoms with Gasteiger partial charge in [-0.1, -0.05) is 0 Å². The number of carbonyl (C=O) groups is 2. The lowest BCUT2D eigenvalue weighted by atomic mass is 9.99. The molecule has 2 unspecified atom stereocenters. The quantitative estimate of drug-likeness (QED) is 0.826. The summed E-state index contributed by atoms with van der Waals surface area (Å²) < 4.78 is 5.15. The van der Waals surface area contributed by atoms with Gasteiger partial charge in [0.1, 0.15) is 0 Å².